The summed E-state index contributed by atoms with van der Waals surface area (Å²) in [6, 6.07) is 19.1. The maximum atomic E-state index is 13.0. The van der Waals surface area contributed by atoms with E-state index in [4.69, 9.17) is 4.42 Å². The maximum absolute atomic E-state index is 13.0. The highest BCUT2D eigenvalue weighted by Crippen LogP contribution is 2.33. The Labute approximate surface area is 189 Å². The minimum absolute atomic E-state index is 0.0502. The van der Waals surface area contributed by atoms with Crippen LogP contribution in [0.4, 0.5) is 0 Å². The molecule has 0 atom stereocenters. The number of nitrogens with one attached hydrogen (secondary N) is 1. The van der Waals surface area contributed by atoms with E-state index < -0.39 is 0 Å². The minimum Gasteiger partial charge on any atom is -0.451 e. The van der Waals surface area contributed by atoms with Gasteiger partial charge in [-0.1, -0.05) is 36.4 Å². The zero-order valence-corrected chi connectivity index (χ0v) is 18.9. The molecule has 0 fully saturated rings. The second-order valence-corrected chi connectivity index (χ2v) is 9.43. The van der Waals surface area contributed by atoms with Crippen LogP contribution in [0.2, 0.25) is 0 Å². The molecule has 0 radical (unpaired) electrons. The van der Waals surface area contributed by atoms with Crippen LogP contribution in [-0.2, 0) is 12.3 Å². The monoisotopic (exact) mass is 450 g/mol. The minimum atomic E-state index is -0.244. The van der Waals surface area contributed by atoms with Crippen LogP contribution in [0, 0.1) is 0 Å². The van der Waals surface area contributed by atoms with Crippen LogP contribution in [0.1, 0.15) is 32.0 Å². The van der Waals surface area contributed by atoms with Gasteiger partial charge in [-0.15, -0.1) is 23.1 Å². The van der Waals surface area contributed by atoms with Crippen molar-refractivity contribution in [3.05, 3.63) is 88.5 Å². The molecule has 158 valence electrons. The van der Waals surface area contributed by atoms with E-state index >= 15 is 0 Å². The first kappa shape index (κ1) is 21.2. The second kappa shape index (κ2) is 9.41. The number of rotatable bonds is 7. The largest absolute Gasteiger partial charge is 0.451 e. The lowest BCUT2D eigenvalue weighted by Crippen LogP contribution is -2.24. The Morgan fingerprint density at radius 2 is 1.81 bits per heavy atom. The number of para-hydroxylation sites is 1. The Morgan fingerprint density at radius 1 is 1.03 bits per heavy atom. The lowest BCUT2D eigenvalue weighted by molar-refractivity contribution is 0.0827. The third-order valence-electron chi connectivity index (χ3n) is 4.82. The molecular weight excluding hydrogens is 428 g/mol. The number of amides is 2. The molecule has 2 aromatic carbocycles. The standard InChI is InChI=1S/C24H22N2O3S2/c1-26(2)24(28)17-11-9-16(10-12-17)14-25-23(27)22-19(15-31-21-8-5-13-30-21)18-6-3-4-7-20(18)29-22/h3-13H,14-15H2,1-2H3,(H,25,27). The third kappa shape index (κ3) is 4.84. The summed E-state index contributed by atoms with van der Waals surface area (Å²) in [5.41, 5.74) is 3.14. The molecule has 0 saturated heterocycles. The fraction of sp³-hybridized carbons (Fsp3) is 0.167. The summed E-state index contributed by atoms with van der Waals surface area (Å²) in [5, 5.41) is 5.95. The second-order valence-electron chi connectivity index (χ2n) is 7.21. The zero-order chi connectivity index (χ0) is 21.8. The van der Waals surface area contributed by atoms with Crippen LogP contribution < -0.4 is 5.32 Å². The molecule has 2 heterocycles. The van der Waals surface area contributed by atoms with Gasteiger partial charge in [0, 0.05) is 42.9 Å². The third-order valence-corrected chi connectivity index (χ3v) is 6.98. The van der Waals surface area contributed by atoms with Crippen molar-refractivity contribution in [1.82, 2.24) is 10.2 Å². The Hall–Kier alpha value is -3.03. The number of nitrogens with zero attached hydrogens (tertiary/aromatic N) is 1. The number of hydrogen-bond donors (Lipinski definition) is 1. The summed E-state index contributed by atoms with van der Waals surface area (Å²) in [4.78, 5) is 26.5. The van der Waals surface area contributed by atoms with E-state index in [-0.39, 0.29) is 11.8 Å². The average molecular weight is 451 g/mol. The predicted octanol–water partition coefficient (Wildman–Crippen LogP) is 5.42. The number of thioether (sulfide) groups is 1. The van der Waals surface area contributed by atoms with E-state index in [0.29, 0.717) is 29.2 Å². The first-order valence-electron chi connectivity index (χ1n) is 9.78. The lowest BCUT2D eigenvalue weighted by atomic mass is 10.1. The normalized spacial score (nSPS) is 10.9. The number of thiophene rings is 1. The molecule has 5 nitrogen and oxygen atoms in total. The van der Waals surface area contributed by atoms with Crippen LogP contribution in [0.3, 0.4) is 0 Å². The van der Waals surface area contributed by atoms with Crippen molar-refractivity contribution in [1.29, 1.82) is 0 Å². The maximum Gasteiger partial charge on any atom is 0.287 e. The highest BCUT2D eigenvalue weighted by Gasteiger charge is 2.20. The van der Waals surface area contributed by atoms with Crippen molar-refractivity contribution in [2.45, 2.75) is 16.5 Å². The first-order chi connectivity index (χ1) is 15.0. The summed E-state index contributed by atoms with van der Waals surface area (Å²) in [6.07, 6.45) is 0. The number of furan rings is 1. The zero-order valence-electron chi connectivity index (χ0n) is 17.3. The molecule has 31 heavy (non-hydrogen) atoms. The van der Waals surface area contributed by atoms with Gasteiger partial charge in [-0.05, 0) is 35.2 Å². The summed E-state index contributed by atoms with van der Waals surface area (Å²) in [6.45, 7) is 0.351. The van der Waals surface area contributed by atoms with Gasteiger partial charge in [0.15, 0.2) is 5.76 Å². The van der Waals surface area contributed by atoms with Crippen molar-refractivity contribution in [3.8, 4) is 0 Å². The van der Waals surface area contributed by atoms with E-state index in [0.717, 1.165) is 16.5 Å². The Kier molecular flexibility index (Phi) is 6.44. The van der Waals surface area contributed by atoms with Gasteiger partial charge in [0.1, 0.15) is 5.58 Å². The lowest BCUT2D eigenvalue weighted by Gasteiger charge is -2.11. The molecule has 2 amide bonds. The van der Waals surface area contributed by atoms with Gasteiger partial charge in [0.25, 0.3) is 11.8 Å². The Bertz CT molecular complexity index is 1200. The fourth-order valence-electron chi connectivity index (χ4n) is 3.20. The van der Waals surface area contributed by atoms with Gasteiger partial charge < -0.3 is 14.6 Å². The molecule has 4 rings (SSSR count). The molecule has 1 N–H and O–H groups in total. The summed E-state index contributed by atoms with van der Waals surface area (Å²) >= 11 is 3.38. The SMILES string of the molecule is CN(C)C(=O)c1ccc(CNC(=O)c2oc3ccccc3c2CSc2cccs2)cc1. The molecule has 0 spiro atoms. The molecular formula is C24H22N2O3S2. The Morgan fingerprint density at radius 3 is 2.52 bits per heavy atom. The van der Waals surface area contributed by atoms with Gasteiger partial charge in [0.2, 0.25) is 0 Å². The summed E-state index contributed by atoms with van der Waals surface area (Å²) in [5.74, 6) is 0.712. The van der Waals surface area contributed by atoms with E-state index in [1.807, 2.05) is 47.8 Å². The van der Waals surface area contributed by atoms with Crippen LogP contribution in [0.5, 0.6) is 0 Å². The van der Waals surface area contributed by atoms with Gasteiger partial charge >= 0.3 is 0 Å². The molecule has 0 bridgehead atoms. The van der Waals surface area contributed by atoms with Crippen molar-refractivity contribution in [2.75, 3.05) is 14.1 Å². The highest BCUT2D eigenvalue weighted by atomic mass is 32.2. The average Bonchev–Trinajstić information content (AvgIpc) is 3.43. The van der Waals surface area contributed by atoms with Crippen molar-refractivity contribution in [2.24, 2.45) is 0 Å². The highest BCUT2D eigenvalue weighted by molar-refractivity contribution is 8.00. The van der Waals surface area contributed by atoms with Gasteiger partial charge in [-0.3, -0.25) is 9.59 Å². The topological polar surface area (TPSA) is 62.6 Å². The van der Waals surface area contributed by atoms with Crippen molar-refractivity contribution in [3.63, 3.8) is 0 Å². The molecule has 0 aliphatic heterocycles. The molecule has 4 aromatic rings. The molecule has 7 heteroatoms. The fourth-order valence-corrected chi connectivity index (χ4v) is 5.01. The number of carbonyl (C=O) groups is 2. The van der Waals surface area contributed by atoms with E-state index in [1.165, 1.54) is 9.11 Å². The van der Waals surface area contributed by atoms with Crippen molar-refractivity contribution >= 4 is 45.9 Å². The Balaban J connectivity index is 1.49. The van der Waals surface area contributed by atoms with Crippen LogP contribution >= 0.6 is 23.1 Å². The quantitative estimate of drug-likeness (QED) is 0.382. The van der Waals surface area contributed by atoms with Gasteiger partial charge in [0.05, 0.1) is 4.21 Å². The smallest absolute Gasteiger partial charge is 0.287 e. The first-order valence-corrected chi connectivity index (χ1v) is 11.6. The van der Waals surface area contributed by atoms with E-state index in [1.54, 1.807) is 49.3 Å². The summed E-state index contributed by atoms with van der Waals surface area (Å²) < 4.78 is 7.12. The number of hydrogen-bond acceptors (Lipinski definition) is 5. The van der Waals surface area contributed by atoms with E-state index in [2.05, 4.69) is 11.4 Å². The van der Waals surface area contributed by atoms with Gasteiger partial charge in [-0.25, -0.2) is 0 Å². The van der Waals surface area contributed by atoms with Crippen molar-refractivity contribution < 1.29 is 14.0 Å². The van der Waals surface area contributed by atoms with Crippen LogP contribution in [0.25, 0.3) is 11.0 Å². The number of benzene rings is 2. The van der Waals surface area contributed by atoms with Gasteiger partial charge in [-0.2, -0.15) is 0 Å². The van der Waals surface area contributed by atoms with E-state index in [9.17, 15) is 9.59 Å². The molecule has 0 aliphatic carbocycles. The molecule has 0 aliphatic rings. The van der Waals surface area contributed by atoms with Crippen LogP contribution in [0.15, 0.2) is 74.7 Å². The number of carbonyl (C=O) groups excluding carboxylic acids is 2. The number of fused-ring (bicyclic) bond motifs is 1. The summed E-state index contributed by atoms with van der Waals surface area (Å²) in [7, 11) is 3.44. The molecule has 2 aromatic heterocycles. The predicted molar refractivity (Wildman–Crippen MR) is 126 cm³/mol. The molecule has 0 saturated carbocycles. The molecule has 0 unspecified atom stereocenters. The van der Waals surface area contributed by atoms with Crippen LogP contribution in [-0.4, -0.2) is 30.8 Å².